The lowest BCUT2D eigenvalue weighted by Crippen LogP contribution is -2.60. The number of aliphatic hydroxyl groups is 1. The fourth-order valence-electron chi connectivity index (χ4n) is 3.56. The second-order valence-corrected chi connectivity index (χ2v) is 6.97. The summed E-state index contributed by atoms with van der Waals surface area (Å²) in [5, 5.41) is 15.2. The number of aryl methyl sites for hydroxylation is 1. The van der Waals surface area contributed by atoms with Gasteiger partial charge in [0.25, 0.3) is 0 Å². The van der Waals surface area contributed by atoms with Gasteiger partial charge in [-0.25, -0.2) is 0 Å². The van der Waals surface area contributed by atoms with E-state index in [9.17, 15) is 9.90 Å². The van der Waals surface area contributed by atoms with Crippen molar-refractivity contribution < 1.29 is 14.4 Å². The number of carbonyl (C=O) groups excluding carboxylic acids is 1. The van der Waals surface area contributed by atoms with Gasteiger partial charge in [0.2, 0.25) is 5.91 Å². The Balaban J connectivity index is 1.76. The van der Waals surface area contributed by atoms with Crippen LogP contribution in [0.3, 0.4) is 0 Å². The molecule has 6 heteroatoms. The number of piperidine rings is 1. The van der Waals surface area contributed by atoms with Crippen LogP contribution in [0.5, 0.6) is 0 Å². The van der Waals surface area contributed by atoms with Gasteiger partial charge in [0.05, 0.1) is 18.2 Å². The lowest BCUT2D eigenvalue weighted by atomic mass is 9.79. The maximum atomic E-state index is 12.6. The van der Waals surface area contributed by atoms with Gasteiger partial charge in [-0.3, -0.25) is 4.79 Å². The summed E-state index contributed by atoms with van der Waals surface area (Å²) in [6, 6.07) is 11.3. The Labute approximate surface area is 148 Å². The fourth-order valence-corrected chi connectivity index (χ4v) is 3.56. The molecule has 2 heterocycles. The van der Waals surface area contributed by atoms with Crippen molar-refractivity contribution in [1.82, 2.24) is 15.0 Å². The molecule has 1 fully saturated rings. The zero-order valence-electron chi connectivity index (χ0n) is 15.0. The van der Waals surface area contributed by atoms with Crippen LogP contribution in [0.4, 0.5) is 0 Å². The van der Waals surface area contributed by atoms with Crippen molar-refractivity contribution in [3.8, 4) is 0 Å². The average Bonchev–Trinajstić information content (AvgIpc) is 3.00. The second-order valence-electron chi connectivity index (χ2n) is 6.97. The predicted molar refractivity (Wildman–Crippen MR) is 94.0 cm³/mol. The first-order valence-electron chi connectivity index (χ1n) is 8.54. The van der Waals surface area contributed by atoms with E-state index in [1.165, 1.54) is 0 Å². The second kappa shape index (κ2) is 6.98. The molecule has 0 radical (unpaired) electrons. The molecule has 1 aromatic heterocycles. The van der Waals surface area contributed by atoms with E-state index in [-0.39, 0.29) is 18.4 Å². The summed E-state index contributed by atoms with van der Waals surface area (Å²) in [4.78, 5) is 16.4. The molecule has 0 spiro atoms. The minimum atomic E-state index is -0.968. The maximum absolute atomic E-state index is 12.6. The highest BCUT2D eigenvalue weighted by Gasteiger charge is 2.45. The molecule has 1 amide bonds. The van der Waals surface area contributed by atoms with Gasteiger partial charge in [0.15, 0.2) is 0 Å². The van der Waals surface area contributed by atoms with E-state index in [4.69, 9.17) is 4.52 Å². The van der Waals surface area contributed by atoms with Crippen LogP contribution in [0.1, 0.15) is 23.4 Å². The monoisotopic (exact) mass is 343 g/mol. The third-order valence-electron chi connectivity index (χ3n) is 4.96. The summed E-state index contributed by atoms with van der Waals surface area (Å²) in [5.41, 5.74) is 0.697. The Kier molecular flexibility index (Phi) is 4.92. The lowest BCUT2D eigenvalue weighted by molar-refractivity contribution is -0.141. The predicted octanol–water partition coefficient (Wildman–Crippen LogP) is 1.58. The van der Waals surface area contributed by atoms with Crippen LogP contribution in [0.2, 0.25) is 0 Å². The highest BCUT2D eigenvalue weighted by molar-refractivity contribution is 5.78. The molecule has 134 valence electrons. The molecule has 0 bridgehead atoms. The maximum Gasteiger partial charge on any atom is 0.230 e. The molecule has 1 aromatic carbocycles. The summed E-state index contributed by atoms with van der Waals surface area (Å²) in [5.74, 6) is 0.575. The molecule has 1 N–H and O–H groups in total. The van der Waals surface area contributed by atoms with Crippen LogP contribution in [0, 0.1) is 6.92 Å². The summed E-state index contributed by atoms with van der Waals surface area (Å²) in [6.07, 6.45) is 0.700. The van der Waals surface area contributed by atoms with E-state index in [1.807, 2.05) is 56.3 Å². The number of nitrogens with zero attached hydrogens (tertiary/aromatic N) is 3. The number of benzene rings is 1. The minimum Gasteiger partial charge on any atom is -0.383 e. The van der Waals surface area contributed by atoms with E-state index in [2.05, 4.69) is 5.16 Å². The number of hydrogen-bond donors (Lipinski definition) is 1. The molecule has 1 aliphatic heterocycles. The van der Waals surface area contributed by atoms with Gasteiger partial charge in [-0.15, -0.1) is 0 Å². The number of amides is 1. The fraction of sp³-hybridized carbons (Fsp3) is 0.474. The van der Waals surface area contributed by atoms with E-state index in [0.717, 1.165) is 11.3 Å². The van der Waals surface area contributed by atoms with Crippen LogP contribution in [0.25, 0.3) is 0 Å². The Morgan fingerprint density at radius 1 is 1.40 bits per heavy atom. The highest BCUT2D eigenvalue weighted by atomic mass is 16.5. The van der Waals surface area contributed by atoms with E-state index in [0.29, 0.717) is 25.3 Å². The SMILES string of the molecule is Cc1cc(CC(=O)N2CC[C@](O)(c3ccccc3)[C@H](N(C)C)C2)on1. The zero-order chi connectivity index (χ0) is 18.0. The van der Waals surface area contributed by atoms with Gasteiger partial charge in [0, 0.05) is 19.2 Å². The molecule has 0 saturated carbocycles. The first-order chi connectivity index (χ1) is 11.9. The standard InChI is InChI=1S/C19H25N3O3/c1-14-11-16(25-20-14)12-18(23)22-10-9-19(24,17(13-22)21(2)3)15-7-5-4-6-8-15/h4-8,11,17,24H,9-10,12-13H2,1-3H3/t17-,19+/m1/s1. The summed E-state index contributed by atoms with van der Waals surface area (Å²) < 4.78 is 5.15. The van der Waals surface area contributed by atoms with E-state index < -0.39 is 5.60 Å². The van der Waals surface area contributed by atoms with Crippen molar-refractivity contribution in [2.45, 2.75) is 31.4 Å². The number of rotatable bonds is 4. The lowest BCUT2D eigenvalue weighted by Gasteiger charge is -2.47. The summed E-state index contributed by atoms with van der Waals surface area (Å²) in [6.45, 7) is 2.83. The molecule has 2 aromatic rings. The van der Waals surface area contributed by atoms with Crippen LogP contribution < -0.4 is 0 Å². The number of likely N-dealkylation sites (tertiary alicyclic amines) is 1. The van der Waals surface area contributed by atoms with Crippen LogP contribution >= 0.6 is 0 Å². The number of likely N-dealkylation sites (N-methyl/N-ethyl adjacent to an activating group) is 1. The molecular formula is C19H25N3O3. The third-order valence-corrected chi connectivity index (χ3v) is 4.96. The molecule has 6 nitrogen and oxygen atoms in total. The summed E-state index contributed by atoms with van der Waals surface area (Å²) in [7, 11) is 3.87. The van der Waals surface area contributed by atoms with Crippen molar-refractivity contribution in [1.29, 1.82) is 0 Å². The van der Waals surface area contributed by atoms with Gasteiger partial charge in [-0.2, -0.15) is 0 Å². The summed E-state index contributed by atoms with van der Waals surface area (Å²) >= 11 is 0. The molecule has 1 saturated heterocycles. The molecule has 2 atom stereocenters. The van der Waals surface area contributed by atoms with Gasteiger partial charge in [-0.1, -0.05) is 35.5 Å². The topological polar surface area (TPSA) is 69.8 Å². The van der Waals surface area contributed by atoms with Gasteiger partial charge in [-0.05, 0) is 33.0 Å². The molecule has 0 aliphatic carbocycles. The smallest absolute Gasteiger partial charge is 0.230 e. The first-order valence-corrected chi connectivity index (χ1v) is 8.54. The van der Waals surface area contributed by atoms with Crippen LogP contribution in [0.15, 0.2) is 40.9 Å². The Morgan fingerprint density at radius 3 is 2.72 bits per heavy atom. The quantitative estimate of drug-likeness (QED) is 0.913. The minimum absolute atomic E-state index is 0.00175. The zero-order valence-corrected chi connectivity index (χ0v) is 15.0. The Hall–Kier alpha value is -2.18. The normalized spacial score (nSPS) is 23.9. The molecule has 25 heavy (non-hydrogen) atoms. The van der Waals surface area contributed by atoms with Crippen molar-refractivity contribution in [3.63, 3.8) is 0 Å². The third kappa shape index (κ3) is 3.60. The molecule has 0 unspecified atom stereocenters. The van der Waals surface area contributed by atoms with Crippen molar-refractivity contribution in [2.24, 2.45) is 0 Å². The van der Waals surface area contributed by atoms with Crippen molar-refractivity contribution in [2.75, 3.05) is 27.2 Å². The Bertz CT molecular complexity index is 729. The van der Waals surface area contributed by atoms with E-state index in [1.54, 1.807) is 11.0 Å². The van der Waals surface area contributed by atoms with Crippen molar-refractivity contribution in [3.05, 3.63) is 53.4 Å². The number of aromatic nitrogens is 1. The average molecular weight is 343 g/mol. The van der Waals surface area contributed by atoms with Gasteiger partial charge < -0.3 is 19.4 Å². The molecule has 3 rings (SSSR count). The molecule has 1 aliphatic rings. The van der Waals surface area contributed by atoms with E-state index >= 15 is 0 Å². The van der Waals surface area contributed by atoms with Gasteiger partial charge in [0.1, 0.15) is 11.4 Å². The molecular weight excluding hydrogens is 318 g/mol. The number of carbonyl (C=O) groups is 1. The number of hydrogen-bond acceptors (Lipinski definition) is 5. The van der Waals surface area contributed by atoms with Crippen LogP contribution in [-0.4, -0.2) is 59.2 Å². The largest absolute Gasteiger partial charge is 0.383 e. The first kappa shape index (κ1) is 17.6. The van der Waals surface area contributed by atoms with Crippen LogP contribution in [-0.2, 0) is 16.8 Å². The van der Waals surface area contributed by atoms with Crippen molar-refractivity contribution >= 4 is 5.91 Å². The van der Waals surface area contributed by atoms with Gasteiger partial charge >= 0.3 is 0 Å². The Morgan fingerprint density at radius 2 is 2.12 bits per heavy atom. The highest BCUT2D eigenvalue weighted by Crippen LogP contribution is 2.35.